The summed E-state index contributed by atoms with van der Waals surface area (Å²) in [6.45, 7) is 7.23. The van der Waals surface area contributed by atoms with Crippen molar-refractivity contribution in [2.75, 3.05) is 6.54 Å². The van der Waals surface area contributed by atoms with Crippen LogP contribution in [-0.4, -0.2) is 22.8 Å². The van der Waals surface area contributed by atoms with E-state index in [-0.39, 0.29) is 0 Å². The summed E-state index contributed by atoms with van der Waals surface area (Å²) in [7, 11) is 0. The van der Waals surface area contributed by atoms with Gasteiger partial charge in [-0.15, -0.1) is 10.2 Å². The van der Waals surface area contributed by atoms with E-state index in [1.807, 2.05) is 18.2 Å². The zero-order valence-corrected chi connectivity index (χ0v) is 11.8. The van der Waals surface area contributed by atoms with Gasteiger partial charge in [-0.3, -0.25) is 0 Å². The standard InChI is InChI=1S/C15H21N3O/c1-4-12-7-5-6-8-13(12)15-18-17-14(19-15)9-10-16-11(2)3/h5-8,11,16H,4,9-10H2,1-3H3. The number of hydrogen-bond donors (Lipinski definition) is 1. The van der Waals surface area contributed by atoms with Crippen LogP contribution in [0.3, 0.4) is 0 Å². The zero-order chi connectivity index (χ0) is 13.7. The molecule has 1 N–H and O–H groups in total. The molecule has 0 radical (unpaired) electrons. The first-order chi connectivity index (χ1) is 9.20. The van der Waals surface area contributed by atoms with E-state index in [9.17, 15) is 0 Å². The Morgan fingerprint density at radius 2 is 2.00 bits per heavy atom. The topological polar surface area (TPSA) is 51.0 Å². The average Bonchev–Trinajstić information content (AvgIpc) is 2.87. The molecule has 102 valence electrons. The quantitative estimate of drug-likeness (QED) is 0.866. The molecule has 2 rings (SSSR count). The summed E-state index contributed by atoms with van der Waals surface area (Å²) in [4.78, 5) is 0. The zero-order valence-electron chi connectivity index (χ0n) is 11.8. The predicted octanol–water partition coefficient (Wildman–Crippen LogP) is 2.84. The molecule has 0 aliphatic heterocycles. The first-order valence-corrected chi connectivity index (χ1v) is 6.84. The molecule has 4 nitrogen and oxygen atoms in total. The molecule has 0 unspecified atom stereocenters. The smallest absolute Gasteiger partial charge is 0.248 e. The fourth-order valence-electron chi connectivity index (χ4n) is 1.97. The molecule has 0 amide bonds. The Labute approximate surface area is 114 Å². The van der Waals surface area contributed by atoms with Crippen molar-refractivity contribution in [2.45, 2.75) is 39.7 Å². The summed E-state index contributed by atoms with van der Waals surface area (Å²) in [5, 5.41) is 11.6. The number of nitrogens with zero attached hydrogens (tertiary/aromatic N) is 2. The third-order valence-electron chi connectivity index (χ3n) is 2.99. The normalized spacial score (nSPS) is 11.2. The molecule has 0 spiro atoms. The van der Waals surface area contributed by atoms with Crippen molar-refractivity contribution < 1.29 is 4.42 Å². The molecule has 1 aromatic heterocycles. The molecule has 0 atom stereocenters. The van der Waals surface area contributed by atoms with Crippen molar-refractivity contribution in [3.63, 3.8) is 0 Å². The molecule has 4 heteroatoms. The van der Waals surface area contributed by atoms with Crippen LogP contribution in [0.25, 0.3) is 11.5 Å². The average molecular weight is 259 g/mol. The van der Waals surface area contributed by atoms with Crippen molar-refractivity contribution in [1.29, 1.82) is 0 Å². The SMILES string of the molecule is CCc1ccccc1-c1nnc(CCNC(C)C)o1. The van der Waals surface area contributed by atoms with Gasteiger partial charge in [-0.05, 0) is 18.1 Å². The number of hydrogen-bond acceptors (Lipinski definition) is 4. The minimum Gasteiger partial charge on any atom is -0.421 e. The van der Waals surface area contributed by atoms with Gasteiger partial charge >= 0.3 is 0 Å². The van der Waals surface area contributed by atoms with Gasteiger partial charge in [-0.1, -0.05) is 39.0 Å². The Hall–Kier alpha value is -1.68. The highest BCUT2D eigenvalue weighted by molar-refractivity contribution is 5.58. The van der Waals surface area contributed by atoms with Crippen LogP contribution < -0.4 is 5.32 Å². The second kappa shape index (κ2) is 6.48. The molecule has 0 fully saturated rings. The molecule has 0 bridgehead atoms. The Morgan fingerprint density at radius 1 is 1.21 bits per heavy atom. The summed E-state index contributed by atoms with van der Waals surface area (Å²) in [5.41, 5.74) is 2.28. The van der Waals surface area contributed by atoms with Crippen molar-refractivity contribution in [3.8, 4) is 11.5 Å². The third-order valence-corrected chi connectivity index (χ3v) is 2.99. The Balaban J connectivity index is 2.08. The van der Waals surface area contributed by atoms with E-state index in [1.54, 1.807) is 0 Å². The van der Waals surface area contributed by atoms with Gasteiger partial charge in [0.1, 0.15) is 0 Å². The lowest BCUT2D eigenvalue weighted by atomic mass is 10.1. The van der Waals surface area contributed by atoms with Crippen molar-refractivity contribution in [2.24, 2.45) is 0 Å². The van der Waals surface area contributed by atoms with Crippen LogP contribution in [-0.2, 0) is 12.8 Å². The Morgan fingerprint density at radius 3 is 2.74 bits per heavy atom. The number of aryl methyl sites for hydroxylation is 1. The van der Waals surface area contributed by atoms with Crippen LogP contribution >= 0.6 is 0 Å². The van der Waals surface area contributed by atoms with E-state index < -0.39 is 0 Å². The lowest BCUT2D eigenvalue weighted by Crippen LogP contribution is -2.25. The lowest BCUT2D eigenvalue weighted by molar-refractivity contribution is 0.484. The molecule has 1 heterocycles. The van der Waals surface area contributed by atoms with Gasteiger partial charge in [-0.25, -0.2) is 0 Å². The molecule has 1 aromatic carbocycles. The van der Waals surface area contributed by atoms with Crippen LogP contribution in [0.1, 0.15) is 32.2 Å². The minimum atomic E-state index is 0.475. The van der Waals surface area contributed by atoms with E-state index in [1.165, 1.54) is 5.56 Å². The van der Waals surface area contributed by atoms with E-state index >= 15 is 0 Å². The first kappa shape index (κ1) is 13.7. The van der Waals surface area contributed by atoms with E-state index in [0.717, 1.165) is 24.9 Å². The van der Waals surface area contributed by atoms with Crippen LogP contribution in [0.5, 0.6) is 0 Å². The number of aromatic nitrogens is 2. The molecule has 0 aliphatic carbocycles. The van der Waals surface area contributed by atoms with Crippen LogP contribution in [0.2, 0.25) is 0 Å². The van der Waals surface area contributed by atoms with Gasteiger partial charge in [0.15, 0.2) is 0 Å². The van der Waals surface area contributed by atoms with E-state index in [4.69, 9.17) is 4.42 Å². The van der Waals surface area contributed by atoms with Gasteiger partial charge in [0.05, 0.1) is 0 Å². The molecule has 2 aromatic rings. The minimum absolute atomic E-state index is 0.475. The van der Waals surface area contributed by atoms with Crippen LogP contribution in [0, 0.1) is 0 Å². The van der Waals surface area contributed by atoms with E-state index in [0.29, 0.717) is 17.8 Å². The Bertz CT molecular complexity index is 520. The van der Waals surface area contributed by atoms with Crippen LogP contribution in [0.4, 0.5) is 0 Å². The summed E-state index contributed by atoms with van der Waals surface area (Å²) in [6.07, 6.45) is 1.72. The van der Waals surface area contributed by atoms with Crippen molar-refractivity contribution >= 4 is 0 Å². The number of nitrogens with one attached hydrogen (secondary N) is 1. The summed E-state index contributed by atoms with van der Waals surface area (Å²) in [5.74, 6) is 1.31. The number of benzene rings is 1. The highest BCUT2D eigenvalue weighted by atomic mass is 16.4. The maximum absolute atomic E-state index is 5.73. The third kappa shape index (κ3) is 3.64. The van der Waals surface area contributed by atoms with Gasteiger partial charge in [0.2, 0.25) is 11.8 Å². The van der Waals surface area contributed by atoms with Gasteiger partial charge < -0.3 is 9.73 Å². The second-order valence-electron chi connectivity index (χ2n) is 4.87. The fourth-order valence-corrected chi connectivity index (χ4v) is 1.97. The highest BCUT2D eigenvalue weighted by Crippen LogP contribution is 2.22. The molecular formula is C15H21N3O. The summed E-state index contributed by atoms with van der Waals surface area (Å²) >= 11 is 0. The molecule has 19 heavy (non-hydrogen) atoms. The molecule has 0 saturated carbocycles. The van der Waals surface area contributed by atoms with Gasteiger partial charge in [0.25, 0.3) is 0 Å². The highest BCUT2D eigenvalue weighted by Gasteiger charge is 2.11. The number of rotatable bonds is 6. The maximum atomic E-state index is 5.73. The monoisotopic (exact) mass is 259 g/mol. The predicted molar refractivity (Wildman–Crippen MR) is 76.0 cm³/mol. The first-order valence-electron chi connectivity index (χ1n) is 6.84. The van der Waals surface area contributed by atoms with Crippen molar-refractivity contribution in [3.05, 3.63) is 35.7 Å². The lowest BCUT2D eigenvalue weighted by Gasteiger charge is -2.05. The van der Waals surface area contributed by atoms with E-state index in [2.05, 4.69) is 42.4 Å². The largest absolute Gasteiger partial charge is 0.421 e. The fraction of sp³-hybridized carbons (Fsp3) is 0.467. The Kier molecular flexibility index (Phi) is 4.68. The summed E-state index contributed by atoms with van der Waals surface area (Å²) in [6, 6.07) is 8.63. The van der Waals surface area contributed by atoms with Gasteiger partial charge in [0, 0.05) is 24.6 Å². The molecule has 0 aliphatic rings. The maximum Gasteiger partial charge on any atom is 0.248 e. The van der Waals surface area contributed by atoms with Crippen LogP contribution in [0.15, 0.2) is 28.7 Å². The van der Waals surface area contributed by atoms with Gasteiger partial charge in [-0.2, -0.15) is 0 Å². The second-order valence-corrected chi connectivity index (χ2v) is 4.87. The van der Waals surface area contributed by atoms with Crippen molar-refractivity contribution in [1.82, 2.24) is 15.5 Å². The molecule has 0 saturated heterocycles. The summed E-state index contributed by atoms with van der Waals surface area (Å²) < 4.78 is 5.73. The molecular weight excluding hydrogens is 238 g/mol.